The van der Waals surface area contributed by atoms with Crippen LogP contribution in [0.3, 0.4) is 0 Å². The Morgan fingerprint density at radius 2 is 1.72 bits per heavy atom. The summed E-state index contributed by atoms with van der Waals surface area (Å²) < 4.78 is 0. The van der Waals surface area contributed by atoms with Crippen LogP contribution in [0, 0.1) is 5.41 Å². The van der Waals surface area contributed by atoms with Gasteiger partial charge in [0.15, 0.2) is 5.84 Å². The van der Waals surface area contributed by atoms with Crippen molar-refractivity contribution in [3.8, 4) is 0 Å². The zero-order valence-electron chi connectivity index (χ0n) is 15.4. The van der Waals surface area contributed by atoms with Gasteiger partial charge in [-0.3, -0.25) is 10.2 Å². The number of nitrogens with zero attached hydrogens (tertiary/aromatic N) is 3. The lowest BCUT2D eigenvalue weighted by Gasteiger charge is -2.20. The van der Waals surface area contributed by atoms with Crippen LogP contribution in [-0.4, -0.2) is 27.0 Å². The van der Waals surface area contributed by atoms with Crippen LogP contribution in [0.4, 0.5) is 0 Å². The first kappa shape index (κ1) is 17.6. The fourth-order valence-corrected chi connectivity index (χ4v) is 4.32. The largest absolute Gasteiger partial charge is 0.283 e. The highest BCUT2D eigenvalue weighted by Crippen LogP contribution is 2.30. The van der Waals surface area contributed by atoms with Crippen molar-refractivity contribution >= 4 is 50.6 Å². The number of aliphatic imine (C=N–C) groups is 1. The van der Waals surface area contributed by atoms with E-state index in [1.807, 2.05) is 72.8 Å². The van der Waals surface area contributed by atoms with Gasteiger partial charge in [0, 0.05) is 6.42 Å². The molecule has 0 saturated heterocycles. The van der Waals surface area contributed by atoms with Crippen LogP contribution < -0.4 is 0 Å². The average Bonchev–Trinajstić information content (AvgIpc) is 3.14. The van der Waals surface area contributed by atoms with Gasteiger partial charge in [-0.15, -0.1) is 0 Å². The molecule has 1 amide bonds. The van der Waals surface area contributed by atoms with E-state index < -0.39 is 5.91 Å². The molecule has 0 radical (unpaired) electrons. The Hall–Kier alpha value is -3.51. The summed E-state index contributed by atoms with van der Waals surface area (Å²) in [5.74, 6) is -0.346. The first-order valence-corrected chi connectivity index (χ1v) is 10.0. The monoisotopic (exact) mass is 396 g/mol. The molecular weight excluding hydrogens is 380 g/mol. The van der Waals surface area contributed by atoms with Gasteiger partial charge in [0.05, 0.1) is 5.57 Å². The fraction of sp³-hybridized carbons (Fsp3) is 0.0435. The van der Waals surface area contributed by atoms with E-state index >= 15 is 0 Å². The highest BCUT2D eigenvalue weighted by molar-refractivity contribution is 8.26. The smallest absolute Gasteiger partial charge is 0.282 e. The molecule has 6 heteroatoms. The third-order valence-electron chi connectivity index (χ3n) is 4.82. The van der Waals surface area contributed by atoms with Gasteiger partial charge in [-0.25, -0.2) is 0 Å². The SMILES string of the molecule is N=C1/C(=C\c2cccc3ccccc23)C(=O)N=C2SC(Cc3ccccc3)=NN12. The number of amides is 1. The lowest BCUT2D eigenvalue weighted by atomic mass is 10.0. The van der Waals surface area contributed by atoms with Gasteiger partial charge in [-0.1, -0.05) is 72.8 Å². The van der Waals surface area contributed by atoms with Gasteiger partial charge in [0.2, 0.25) is 5.17 Å². The van der Waals surface area contributed by atoms with Crippen molar-refractivity contribution in [1.29, 1.82) is 5.41 Å². The van der Waals surface area contributed by atoms with Crippen LogP contribution in [0.2, 0.25) is 0 Å². The molecule has 0 bridgehead atoms. The molecule has 3 aromatic rings. The van der Waals surface area contributed by atoms with Crippen molar-refractivity contribution in [1.82, 2.24) is 5.01 Å². The summed E-state index contributed by atoms with van der Waals surface area (Å²) in [6.45, 7) is 0. The van der Waals surface area contributed by atoms with Gasteiger partial charge in [-0.2, -0.15) is 15.1 Å². The first-order valence-electron chi connectivity index (χ1n) is 9.20. The highest BCUT2D eigenvalue weighted by Gasteiger charge is 2.35. The van der Waals surface area contributed by atoms with E-state index in [0.29, 0.717) is 11.6 Å². The predicted molar refractivity (Wildman–Crippen MR) is 119 cm³/mol. The Morgan fingerprint density at radius 3 is 2.59 bits per heavy atom. The van der Waals surface area contributed by atoms with Crippen LogP contribution in [0.1, 0.15) is 11.1 Å². The van der Waals surface area contributed by atoms with Crippen LogP contribution in [0.5, 0.6) is 0 Å². The maximum absolute atomic E-state index is 12.7. The molecule has 0 spiro atoms. The third kappa shape index (κ3) is 3.28. The molecule has 3 aromatic carbocycles. The molecule has 0 fully saturated rings. The number of benzene rings is 3. The number of nitrogens with one attached hydrogen (secondary N) is 1. The molecule has 0 saturated carbocycles. The lowest BCUT2D eigenvalue weighted by Crippen LogP contribution is -2.35. The molecule has 140 valence electrons. The summed E-state index contributed by atoms with van der Waals surface area (Å²) in [4.78, 5) is 16.9. The molecule has 1 N–H and O–H groups in total. The van der Waals surface area contributed by atoms with Crippen molar-refractivity contribution in [2.75, 3.05) is 0 Å². The Kier molecular flexibility index (Phi) is 4.33. The molecule has 0 aromatic heterocycles. The predicted octanol–water partition coefficient (Wildman–Crippen LogP) is 4.70. The topological polar surface area (TPSA) is 68.9 Å². The number of carbonyl (C=O) groups is 1. The van der Waals surface area contributed by atoms with E-state index in [4.69, 9.17) is 5.41 Å². The second-order valence-electron chi connectivity index (χ2n) is 6.74. The first-order chi connectivity index (χ1) is 14.2. The van der Waals surface area contributed by atoms with E-state index in [0.717, 1.165) is 26.9 Å². The number of hydrazone groups is 1. The number of thioether (sulfide) groups is 1. The molecule has 29 heavy (non-hydrogen) atoms. The number of rotatable bonds is 3. The number of fused-ring (bicyclic) bond motifs is 2. The van der Waals surface area contributed by atoms with Crippen molar-refractivity contribution in [2.45, 2.75) is 6.42 Å². The second-order valence-corrected chi connectivity index (χ2v) is 7.79. The van der Waals surface area contributed by atoms with Crippen molar-refractivity contribution in [2.24, 2.45) is 10.1 Å². The summed E-state index contributed by atoms with van der Waals surface area (Å²) in [6, 6.07) is 23.9. The van der Waals surface area contributed by atoms with Gasteiger partial charge in [0.25, 0.3) is 5.91 Å². The summed E-state index contributed by atoms with van der Waals surface area (Å²) in [5, 5.41) is 17.9. The van der Waals surface area contributed by atoms with Gasteiger partial charge < -0.3 is 0 Å². The Balaban J connectivity index is 1.49. The minimum atomic E-state index is -0.405. The van der Waals surface area contributed by atoms with Crippen molar-refractivity contribution < 1.29 is 4.79 Å². The highest BCUT2D eigenvalue weighted by atomic mass is 32.2. The molecule has 0 aliphatic carbocycles. The molecule has 2 aliphatic rings. The summed E-state index contributed by atoms with van der Waals surface area (Å²) in [7, 11) is 0. The van der Waals surface area contributed by atoms with E-state index in [-0.39, 0.29) is 11.4 Å². The third-order valence-corrected chi connectivity index (χ3v) is 5.73. The number of hydrogen-bond acceptors (Lipinski definition) is 4. The maximum atomic E-state index is 12.7. The minimum Gasteiger partial charge on any atom is -0.282 e. The Labute approximate surface area is 172 Å². The van der Waals surface area contributed by atoms with Crippen molar-refractivity contribution in [3.05, 3.63) is 89.5 Å². The number of hydrogen-bond donors (Lipinski definition) is 1. The van der Waals surface area contributed by atoms with Gasteiger partial charge in [0.1, 0.15) is 5.04 Å². The van der Waals surface area contributed by atoms with E-state index in [1.165, 1.54) is 16.8 Å². The van der Waals surface area contributed by atoms with Gasteiger partial charge in [-0.05, 0) is 39.7 Å². The Bertz CT molecular complexity index is 1240. The van der Waals surface area contributed by atoms with Crippen molar-refractivity contribution in [3.63, 3.8) is 0 Å². The summed E-state index contributed by atoms with van der Waals surface area (Å²) in [5.41, 5.74) is 2.26. The molecular formula is C23H16N4OS. The average molecular weight is 396 g/mol. The molecule has 2 heterocycles. The molecule has 0 atom stereocenters. The van der Waals surface area contributed by atoms with Crippen LogP contribution in [0.15, 0.2) is 88.5 Å². The van der Waals surface area contributed by atoms with E-state index in [2.05, 4.69) is 10.1 Å². The lowest BCUT2D eigenvalue weighted by molar-refractivity contribution is -0.114. The molecule has 5 nitrogen and oxygen atoms in total. The molecule has 5 rings (SSSR count). The fourth-order valence-electron chi connectivity index (χ4n) is 3.41. The normalized spacial score (nSPS) is 17.5. The summed E-state index contributed by atoms with van der Waals surface area (Å²) in [6.07, 6.45) is 2.38. The standard InChI is InChI=1S/C23H16N4OS/c24-21-19(14-17-11-6-10-16-9-4-5-12-18(16)17)22(28)25-23-27(21)26-20(29-23)13-15-7-2-1-3-8-15/h1-12,14,24H,13H2/b19-14+,24-21?. The zero-order chi connectivity index (χ0) is 19.8. The van der Waals surface area contributed by atoms with Crippen LogP contribution in [-0.2, 0) is 11.2 Å². The van der Waals surface area contributed by atoms with E-state index in [1.54, 1.807) is 6.08 Å². The van der Waals surface area contributed by atoms with Gasteiger partial charge >= 0.3 is 0 Å². The van der Waals surface area contributed by atoms with E-state index in [9.17, 15) is 4.79 Å². The molecule has 2 aliphatic heterocycles. The maximum Gasteiger partial charge on any atom is 0.283 e. The molecule has 0 unspecified atom stereocenters. The zero-order valence-corrected chi connectivity index (χ0v) is 16.2. The quantitative estimate of drug-likeness (QED) is 0.653. The summed E-state index contributed by atoms with van der Waals surface area (Å²) >= 11 is 1.34. The number of amidine groups is 2. The number of carbonyl (C=O) groups excluding carboxylic acids is 1. The second kappa shape index (κ2) is 7.14. The van der Waals surface area contributed by atoms with Crippen LogP contribution in [0.25, 0.3) is 16.8 Å². The minimum absolute atomic E-state index is 0.0588. The Morgan fingerprint density at radius 1 is 0.966 bits per heavy atom. The van der Waals surface area contributed by atoms with Crippen LogP contribution >= 0.6 is 11.8 Å².